The number of hydrogen-bond donors (Lipinski definition) is 1. The molecular formula is C24H25N7O2. The molecule has 0 atom stereocenters. The smallest absolute Gasteiger partial charge is 0.256 e. The van der Waals surface area contributed by atoms with Crippen LogP contribution in [0, 0.1) is 0 Å². The molecule has 1 aliphatic heterocycles. The monoisotopic (exact) mass is 443 g/mol. The first-order valence-corrected chi connectivity index (χ1v) is 10.8. The standard InChI is InChI=1S/C24H25N7O2/c1-29-24(33-2)19-9-8-17(14-20(19)28-29)23(32)27-21-15-22(26-16-25-21)31-12-10-30(11-13-31)18-6-4-3-5-7-18/h3-9,14-16H,10-13H2,1-2H3,(H,25,26,27,32). The summed E-state index contributed by atoms with van der Waals surface area (Å²) in [5.74, 6) is 1.68. The zero-order valence-corrected chi connectivity index (χ0v) is 18.6. The topological polar surface area (TPSA) is 88.4 Å². The maximum Gasteiger partial charge on any atom is 0.256 e. The van der Waals surface area contributed by atoms with Crippen LogP contribution in [0.5, 0.6) is 5.88 Å². The molecule has 1 amide bonds. The average molecular weight is 444 g/mol. The van der Waals surface area contributed by atoms with Gasteiger partial charge in [-0.1, -0.05) is 18.2 Å². The number of fused-ring (bicyclic) bond motifs is 1. The molecule has 0 spiro atoms. The Balaban J connectivity index is 1.27. The van der Waals surface area contributed by atoms with E-state index in [2.05, 4.69) is 54.4 Å². The number of para-hydroxylation sites is 1. The Hall–Kier alpha value is -4.14. The van der Waals surface area contributed by atoms with E-state index in [0.29, 0.717) is 22.8 Å². The van der Waals surface area contributed by atoms with Crippen LogP contribution in [0.3, 0.4) is 0 Å². The van der Waals surface area contributed by atoms with Gasteiger partial charge >= 0.3 is 0 Å². The van der Waals surface area contributed by atoms with E-state index in [4.69, 9.17) is 4.74 Å². The minimum Gasteiger partial charge on any atom is -0.481 e. The first kappa shape index (κ1) is 20.7. The molecule has 2 aromatic carbocycles. The first-order chi connectivity index (χ1) is 16.1. The lowest BCUT2D eigenvalue weighted by atomic mass is 10.1. The highest BCUT2D eigenvalue weighted by Gasteiger charge is 2.19. The highest BCUT2D eigenvalue weighted by molar-refractivity contribution is 6.06. The van der Waals surface area contributed by atoms with E-state index in [1.54, 1.807) is 31.0 Å². The van der Waals surface area contributed by atoms with Crippen LogP contribution in [0.15, 0.2) is 60.9 Å². The number of amides is 1. The van der Waals surface area contributed by atoms with Crippen LogP contribution in [-0.2, 0) is 7.05 Å². The van der Waals surface area contributed by atoms with Crippen molar-refractivity contribution in [2.45, 2.75) is 0 Å². The number of aryl methyl sites for hydroxylation is 1. The maximum absolute atomic E-state index is 12.8. The average Bonchev–Trinajstić information content (AvgIpc) is 3.19. The zero-order valence-electron chi connectivity index (χ0n) is 18.6. The quantitative estimate of drug-likeness (QED) is 0.507. The van der Waals surface area contributed by atoms with Gasteiger partial charge in [-0.3, -0.25) is 4.79 Å². The van der Waals surface area contributed by atoms with Gasteiger partial charge in [0.05, 0.1) is 18.0 Å². The van der Waals surface area contributed by atoms with Gasteiger partial charge in [0, 0.05) is 50.5 Å². The lowest BCUT2D eigenvalue weighted by molar-refractivity contribution is 0.102. The Morgan fingerprint density at radius 2 is 1.73 bits per heavy atom. The summed E-state index contributed by atoms with van der Waals surface area (Å²) in [7, 11) is 3.41. The number of hydrogen-bond acceptors (Lipinski definition) is 7. The summed E-state index contributed by atoms with van der Waals surface area (Å²) in [6.07, 6.45) is 1.49. The van der Waals surface area contributed by atoms with E-state index in [-0.39, 0.29) is 5.91 Å². The van der Waals surface area contributed by atoms with Crippen molar-refractivity contribution in [3.63, 3.8) is 0 Å². The fraction of sp³-hybridized carbons (Fsp3) is 0.250. The molecule has 168 valence electrons. The molecule has 3 heterocycles. The number of anilines is 3. The molecule has 33 heavy (non-hydrogen) atoms. The van der Waals surface area contributed by atoms with Gasteiger partial charge in [-0.15, -0.1) is 0 Å². The fourth-order valence-corrected chi connectivity index (χ4v) is 4.17. The minimum atomic E-state index is -0.250. The highest BCUT2D eigenvalue weighted by atomic mass is 16.5. The molecule has 0 aliphatic carbocycles. The Morgan fingerprint density at radius 3 is 2.48 bits per heavy atom. The molecule has 1 N–H and O–H groups in total. The number of nitrogens with zero attached hydrogens (tertiary/aromatic N) is 6. The van der Waals surface area contributed by atoms with Crippen LogP contribution in [-0.4, -0.2) is 58.9 Å². The summed E-state index contributed by atoms with van der Waals surface area (Å²) >= 11 is 0. The third kappa shape index (κ3) is 4.17. The van der Waals surface area contributed by atoms with Gasteiger partial charge < -0.3 is 19.9 Å². The molecular weight excluding hydrogens is 418 g/mol. The van der Waals surface area contributed by atoms with Crippen molar-refractivity contribution < 1.29 is 9.53 Å². The van der Waals surface area contributed by atoms with Gasteiger partial charge in [0.15, 0.2) is 0 Å². The Kier molecular flexibility index (Phi) is 5.52. The normalized spacial score (nSPS) is 13.9. The van der Waals surface area contributed by atoms with E-state index >= 15 is 0 Å². The van der Waals surface area contributed by atoms with Crippen molar-refractivity contribution in [3.8, 4) is 5.88 Å². The van der Waals surface area contributed by atoms with E-state index in [1.165, 1.54) is 12.0 Å². The van der Waals surface area contributed by atoms with Crippen LogP contribution in [0.25, 0.3) is 10.9 Å². The Morgan fingerprint density at radius 1 is 0.970 bits per heavy atom. The number of benzene rings is 2. The molecule has 0 saturated carbocycles. The Labute approximate surface area is 191 Å². The second-order valence-corrected chi connectivity index (χ2v) is 7.89. The number of methoxy groups -OCH3 is 1. The van der Waals surface area contributed by atoms with E-state index < -0.39 is 0 Å². The predicted molar refractivity (Wildman–Crippen MR) is 128 cm³/mol. The lowest BCUT2D eigenvalue weighted by Crippen LogP contribution is -2.46. The fourth-order valence-electron chi connectivity index (χ4n) is 4.17. The van der Waals surface area contributed by atoms with Gasteiger partial charge in [-0.25, -0.2) is 14.6 Å². The summed E-state index contributed by atoms with van der Waals surface area (Å²) in [4.78, 5) is 26.1. The van der Waals surface area contributed by atoms with Crippen LogP contribution in [0.2, 0.25) is 0 Å². The molecule has 1 aliphatic rings. The number of carbonyl (C=O) groups is 1. The molecule has 0 radical (unpaired) electrons. The van der Waals surface area contributed by atoms with Gasteiger partial charge in [0.2, 0.25) is 5.88 Å². The van der Waals surface area contributed by atoms with Crippen LogP contribution in [0.4, 0.5) is 17.3 Å². The van der Waals surface area contributed by atoms with Gasteiger partial charge in [0.1, 0.15) is 18.0 Å². The second-order valence-electron chi connectivity index (χ2n) is 7.89. The number of aromatic nitrogens is 4. The number of ether oxygens (including phenoxy) is 1. The largest absolute Gasteiger partial charge is 0.481 e. The summed E-state index contributed by atoms with van der Waals surface area (Å²) in [5, 5.41) is 8.15. The number of nitrogens with one attached hydrogen (secondary N) is 1. The molecule has 0 unspecified atom stereocenters. The predicted octanol–water partition coefficient (Wildman–Crippen LogP) is 2.95. The van der Waals surface area contributed by atoms with E-state index in [1.807, 2.05) is 18.2 Å². The van der Waals surface area contributed by atoms with Crippen molar-refractivity contribution >= 4 is 34.1 Å². The van der Waals surface area contributed by atoms with Crippen molar-refractivity contribution in [1.29, 1.82) is 0 Å². The van der Waals surface area contributed by atoms with Crippen molar-refractivity contribution in [2.75, 3.05) is 48.4 Å². The lowest BCUT2D eigenvalue weighted by Gasteiger charge is -2.36. The van der Waals surface area contributed by atoms with E-state index in [0.717, 1.165) is 37.4 Å². The first-order valence-electron chi connectivity index (χ1n) is 10.8. The summed E-state index contributed by atoms with van der Waals surface area (Å²) in [6, 6.07) is 17.6. The molecule has 1 fully saturated rings. The number of piperazine rings is 1. The van der Waals surface area contributed by atoms with Crippen molar-refractivity contribution in [2.24, 2.45) is 7.05 Å². The summed E-state index contributed by atoms with van der Waals surface area (Å²) in [6.45, 7) is 3.50. The van der Waals surface area contributed by atoms with Crippen LogP contribution >= 0.6 is 0 Å². The molecule has 9 nitrogen and oxygen atoms in total. The third-order valence-corrected chi connectivity index (χ3v) is 5.85. The Bertz CT molecular complexity index is 1280. The number of carbonyl (C=O) groups excluding carboxylic acids is 1. The van der Waals surface area contributed by atoms with Crippen LogP contribution < -0.4 is 19.9 Å². The second kappa shape index (κ2) is 8.78. The molecule has 2 aromatic heterocycles. The molecule has 1 saturated heterocycles. The van der Waals surface area contributed by atoms with Gasteiger partial charge in [-0.05, 0) is 30.3 Å². The maximum atomic E-state index is 12.8. The number of rotatable bonds is 5. The van der Waals surface area contributed by atoms with Crippen molar-refractivity contribution in [3.05, 3.63) is 66.5 Å². The zero-order chi connectivity index (χ0) is 22.8. The summed E-state index contributed by atoms with van der Waals surface area (Å²) in [5.41, 5.74) is 2.43. The summed E-state index contributed by atoms with van der Waals surface area (Å²) < 4.78 is 7.03. The van der Waals surface area contributed by atoms with E-state index in [9.17, 15) is 4.79 Å². The van der Waals surface area contributed by atoms with Crippen LogP contribution in [0.1, 0.15) is 10.4 Å². The third-order valence-electron chi connectivity index (χ3n) is 5.85. The molecule has 0 bridgehead atoms. The molecule has 9 heteroatoms. The highest BCUT2D eigenvalue weighted by Crippen LogP contribution is 2.26. The van der Waals surface area contributed by atoms with Crippen molar-refractivity contribution in [1.82, 2.24) is 19.7 Å². The van der Waals surface area contributed by atoms with Gasteiger partial charge in [0.25, 0.3) is 5.91 Å². The minimum absolute atomic E-state index is 0.250. The SMILES string of the molecule is COc1c2ccc(C(=O)Nc3cc(N4CCN(c5ccccc5)CC4)ncn3)cc2nn1C. The molecule has 5 rings (SSSR count). The molecule has 4 aromatic rings. The van der Waals surface area contributed by atoms with Gasteiger partial charge in [-0.2, -0.15) is 5.10 Å².